The molecule has 7 nitrogen and oxygen atoms in total. The van der Waals surface area contributed by atoms with Crippen LogP contribution in [-0.2, 0) is 0 Å². The van der Waals surface area contributed by atoms with Gasteiger partial charge < -0.3 is 20.1 Å². The van der Waals surface area contributed by atoms with E-state index in [1.807, 2.05) is 68.4 Å². The molecule has 0 radical (unpaired) electrons. The van der Waals surface area contributed by atoms with Gasteiger partial charge in [0.2, 0.25) is 5.95 Å². The number of para-hydroxylation sites is 2. The molecular weight excluding hydrogens is 392 g/mol. The molecule has 1 aromatic heterocycles. The van der Waals surface area contributed by atoms with E-state index in [2.05, 4.69) is 9.97 Å². The molecule has 2 aromatic carbocycles. The molecule has 0 spiro atoms. The van der Waals surface area contributed by atoms with Crippen LogP contribution in [0.2, 0.25) is 0 Å². The van der Waals surface area contributed by atoms with E-state index in [4.69, 9.17) is 15.2 Å². The van der Waals surface area contributed by atoms with Gasteiger partial charge in [0.05, 0.1) is 17.0 Å². The Morgan fingerprint density at radius 2 is 1.58 bits per heavy atom. The zero-order chi connectivity index (χ0) is 22.2. The number of rotatable bonds is 9. The number of aryl methyl sites for hydroxylation is 1. The summed E-state index contributed by atoms with van der Waals surface area (Å²) in [5.74, 6) is 1.38. The van der Waals surface area contributed by atoms with Gasteiger partial charge in [-0.3, -0.25) is 4.79 Å². The van der Waals surface area contributed by atoms with E-state index < -0.39 is 0 Å². The lowest BCUT2D eigenvalue weighted by molar-refractivity contribution is 0.0772. The molecule has 31 heavy (non-hydrogen) atoms. The Hall–Kier alpha value is -3.61. The predicted octanol–water partition coefficient (Wildman–Crippen LogP) is 3.97. The van der Waals surface area contributed by atoms with E-state index in [1.165, 1.54) is 0 Å². The molecule has 0 atom stereocenters. The van der Waals surface area contributed by atoms with Gasteiger partial charge in [0.15, 0.2) is 0 Å². The lowest BCUT2D eigenvalue weighted by atomic mass is 10.0. The predicted molar refractivity (Wildman–Crippen MR) is 121 cm³/mol. The number of carbonyl (C=O) groups is 1. The molecule has 0 aliphatic carbocycles. The molecule has 1 heterocycles. The number of nitrogens with zero attached hydrogens (tertiary/aromatic N) is 3. The average Bonchev–Trinajstić information content (AvgIpc) is 2.78. The minimum Gasteiger partial charge on any atom is -0.490 e. The molecular formula is C24H28N4O3. The zero-order valence-electron chi connectivity index (χ0n) is 18.2. The van der Waals surface area contributed by atoms with Gasteiger partial charge in [-0.15, -0.1) is 0 Å². The second kappa shape index (κ2) is 10.4. The molecule has 162 valence electrons. The molecule has 1 amide bonds. The minimum absolute atomic E-state index is 0.116. The summed E-state index contributed by atoms with van der Waals surface area (Å²) in [6, 6.07) is 17.0. The lowest BCUT2D eigenvalue weighted by Gasteiger charge is -2.22. The van der Waals surface area contributed by atoms with Crippen LogP contribution >= 0.6 is 0 Å². The lowest BCUT2D eigenvalue weighted by Crippen LogP contribution is -2.32. The molecule has 0 saturated heterocycles. The summed E-state index contributed by atoms with van der Waals surface area (Å²) in [4.78, 5) is 23.6. The maximum atomic E-state index is 13.2. The molecule has 0 unspecified atom stereocenters. The number of nitrogen functional groups attached to an aromatic ring is 1. The molecule has 3 rings (SSSR count). The third-order valence-electron chi connectivity index (χ3n) is 4.87. The molecule has 3 aromatic rings. The summed E-state index contributed by atoms with van der Waals surface area (Å²) in [7, 11) is 0. The number of amides is 1. The fourth-order valence-corrected chi connectivity index (χ4v) is 3.33. The summed E-state index contributed by atoms with van der Waals surface area (Å²) >= 11 is 0. The van der Waals surface area contributed by atoms with Gasteiger partial charge in [-0.05, 0) is 45.0 Å². The number of nitrogens with two attached hydrogens (primary N) is 1. The van der Waals surface area contributed by atoms with E-state index in [1.54, 1.807) is 11.8 Å². The number of hydrogen-bond donors (Lipinski definition) is 1. The Kier molecular flexibility index (Phi) is 7.43. The van der Waals surface area contributed by atoms with Crippen LogP contribution in [0.4, 0.5) is 5.95 Å². The van der Waals surface area contributed by atoms with Gasteiger partial charge >= 0.3 is 0 Å². The average molecular weight is 421 g/mol. The highest BCUT2D eigenvalue weighted by Crippen LogP contribution is 2.33. The van der Waals surface area contributed by atoms with Crippen molar-refractivity contribution in [1.29, 1.82) is 0 Å². The first-order valence-electron chi connectivity index (χ1n) is 10.4. The van der Waals surface area contributed by atoms with Crippen molar-refractivity contribution in [2.24, 2.45) is 0 Å². The monoisotopic (exact) mass is 420 g/mol. The maximum absolute atomic E-state index is 13.2. The number of benzene rings is 2. The second-order valence-corrected chi connectivity index (χ2v) is 6.87. The van der Waals surface area contributed by atoms with Crippen LogP contribution in [-0.4, -0.2) is 47.1 Å². The van der Waals surface area contributed by atoms with Crippen LogP contribution in [0, 0.1) is 6.92 Å². The van der Waals surface area contributed by atoms with Crippen LogP contribution in [0.5, 0.6) is 11.5 Å². The smallest absolute Gasteiger partial charge is 0.257 e. The fourth-order valence-electron chi connectivity index (χ4n) is 3.33. The Bertz CT molecular complexity index is 1020. The summed E-state index contributed by atoms with van der Waals surface area (Å²) in [6.07, 6.45) is 0. The quantitative estimate of drug-likeness (QED) is 0.527. The standard InChI is InChI=1S/C24H28N4O3/c1-4-28(5-2)23(29)21-17(3)26-24(25)27-22(21)19-13-9-10-14-20(19)31-16-15-30-18-11-7-6-8-12-18/h6-14H,4-5,15-16H2,1-3H3,(H2,25,26,27). The van der Waals surface area contributed by atoms with Crippen LogP contribution < -0.4 is 15.2 Å². The maximum Gasteiger partial charge on any atom is 0.257 e. The van der Waals surface area contributed by atoms with Gasteiger partial charge in [0, 0.05) is 18.7 Å². The van der Waals surface area contributed by atoms with Crippen LogP contribution in [0.15, 0.2) is 54.6 Å². The topological polar surface area (TPSA) is 90.6 Å². The van der Waals surface area contributed by atoms with Crippen LogP contribution in [0.3, 0.4) is 0 Å². The highest BCUT2D eigenvalue weighted by atomic mass is 16.5. The van der Waals surface area contributed by atoms with E-state index in [-0.39, 0.29) is 11.9 Å². The molecule has 0 aliphatic heterocycles. The van der Waals surface area contributed by atoms with Crippen molar-refractivity contribution in [3.05, 3.63) is 65.9 Å². The van der Waals surface area contributed by atoms with E-state index >= 15 is 0 Å². The number of anilines is 1. The summed E-state index contributed by atoms with van der Waals surface area (Å²) < 4.78 is 11.7. The third kappa shape index (κ3) is 5.31. The van der Waals surface area contributed by atoms with E-state index in [9.17, 15) is 4.79 Å². The molecule has 0 bridgehead atoms. The van der Waals surface area contributed by atoms with E-state index in [0.717, 1.165) is 5.75 Å². The van der Waals surface area contributed by atoms with Crippen molar-refractivity contribution >= 4 is 11.9 Å². The Morgan fingerprint density at radius 1 is 0.935 bits per heavy atom. The Labute approximate surface area is 182 Å². The van der Waals surface area contributed by atoms with Crippen molar-refractivity contribution in [2.45, 2.75) is 20.8 Å². The van der Waals surface area contributed by atoms with Crippen molar-refractivity contribution in [2.75, 3.05) is 32.0 Å². The number of carbonyl (C=O) groups excluding carboxylic acids is 1. The van der Waals surface area contributed by atoms with E-state index in [0.29, 0.717) is 54.6 Å². The number of ether oxygens (including phenoxy) is 2. The first-order chi connectivity index (χ1) is 15.0. The first kappa shape index (κ1) is 22.1. The van der Waals surface area contributed by atoms with Gasteiger partial charge in [0.25, 0.3) is 5.91 Å². The van der Waals surface area contributed by atoms with Gasteiger partial charge in [-0.25, -0.2) is 9.97 Å². The van der Waals surface area contributed by atoms with Crippen molar-refractivity contribution in [3.63, 3.8) is 0 Å². The molecule has 2 N–H and O–H groups in total. The Balaban J connectivity index is 1.88. The molecule has 0 saturated carbocycles. The van der Waals surface area contributed by atoms with Crippen LogP contribution in [0.25, 0.3) is 11.3 Å². The minimum atomic E-state index is -0.125. The molecule has 0 aliphatic rings. The number of aromatic nitrogens is 2. The zero-order valence-corrected chi connectivity index (χ0v) is 18.2. The van der Waals surface area contributed by atoms with Gasteiger partial charge in [-0.2, -0.15) is 0 Å². The first-order valence-corrected chi connectivity index (χ1v) is 10.4. The largest absolute Gasteiger partial charge is 0.490 e. The SMILES string of the molecule is CCN(CC)C(=O)c1c(C)nc(N)nc1-c1ccccc1OCCOc1ccccc1. The van der Waals surface area contributed by atoms with Gasteiger partial charge in [0.1, 0.15) is 24.7 Å². The molecule has 7 heteroatoms. The Morgan fingerprint density at radius 3 is 2.29 bits per heavy atom. The fraction of sp³-hybridized carbons (Fsp3) is 0.292. The molecule has 0 fully saturated rings. The van der Waals surface area contributed by atoms with Crippen LogP contribution in [0.1, 0.15) is 29.9 Å². The van der Waals surface area contributed by atoms with Crippen molar-refractivity contribution < 1.29 is 14.3 Å². The second-order valence-electron chi connectivity index (χ2n) is 6.87. The van der Waals surface area contributed by atoms with Gasteiger partial charge in [-0.1, -0.05) is 30.3 Å². The van der Waals surface area contributed by atoms with Crippen molar-refractivity contribution in [1.82, 2.24) is 14.9 Å². The number of hydrogen-bond acceptors (Lipinski definition) is 6. The van der Waals surface area contributed by atoms with Crippen molar-refractivity contribution in [3.8, 4) is 22.8 Å². The third-order valence-corrected chi connectivity index (χ3v) is 4.87. The summed E-state index contributed by atoms with van der Waals surface area (Å²) in [6.45, 7) is 7.56. The highest BCUT2D eigenvalue weighted by Gasteiger charge is 2.24. The summed E-state index contributed by atoms with van der Waals surface area (Å²) in [5.41, 5.74) is 8.08. The highest BCUT2D eigenvalue weighted by molar-refractivity contribution is 6.01. The normalized spacial score (nSPS) is 10.5. The summed E-state index contributed by atoms with van der Waals surface area (Å²) in [5, 5.41) is 0.